The molecule has 0 saturated carbocycles. The molecular weight excluding hydrogens is 364 g/mol. The second-order valence-electron chi connectivity index (χ2n) is 6.10. The summed E-state index contributed by atoms with van der Waals surface area (Å²) in [6, 6.07) is 13.7. The minimum Gasteiger partial charge on any atom is -0.469 e. The fourth-order valence-electron chi connectivity index (χ4n) is 2.57. The SMILES string of the molecule is CCCC(NC=NN)Oc1cc(C)ccc1N(C)S(=O)(=O)c1ccccc1. The molecule has 0 aliphatic heterocycles. The highest BCUT2D eigenvalue weighted by atomic mass is 32.2. The van der Waals surface area contributed by atoms with E-state index in [1.54, 1.807) is 36.4 Å². The maximum atomic E-state index is 13.0. The number of anilines is 1. The number of rotatable bonds is 9. The van der Waals surface area contributed by atoms with E-state index in [1.807, 2.05) is 26.0 Å². The Hall–Kier alpha value is -2.74. The van der Waals surface area contributed by atoms with Gasteiger partial charge in [-0.15, -0.1) is 0 Å². The second kappa shape index (κ2) is 9.27. The van der Waals surface area contributed by atoms with Crippen LogP contribution >= 0.6 is 0 Å². The normalized spacial score (nSPS) is 12.7. The van der Waals surface area contributed by atoms with Gasteiger partial charge < -0.3 is 15.9 Å². The van der Waals surface area contributed by atoms with Crippen molar-refractivity contribution in [3.63, 3.8) is 0 Å². The van der Waals surface area contributed by atoms with E-state index in [0.717, 1.165) is 12.0 Å². The summed E-state index contributed by atoms with van der Waals surface area (Å²) >= 11 is 0. The fraction of sp³-hybridized carbons (Fsp3) is 0.316. The van der Waals surface area contributed by atoms with Crippen molar-refractivity contribution in [3.05, 3.63) is 54.1 Å². The van der Waals surface area contributed by atoms with E-state index >= 15 is 0 Å². The molecule has 8 heteroatoms. The molecule has 0 heterocycles. The van der Waals surface area contributed by atoms with Gasteiger partial charge in [0.15, 0.2) is 6.23 Å². The Morgan fingerprint density at radius 3 is 2.59 bits per heavy atom. The number of benzene rings is 2. The van der Waals surface area contributed by atoms with Gasteiger partial charge >= 0.3 is 0 Å². The first kappa shape index (κ1) is 20.6. The van der Waals surface area contributed by atoms with Crippen molar-refractivity contribution < 1.29 is 13.2 Å². The summed E-state index contributed by atoms with van der Waals surface area (Å²) < 4.78 is 33.2. The third kappa shape index (κ3) is 5.13. The van der Waals surface area contributed by atoms with E-state index < -0.39 is 10.0 Å². The molecule has 0 radical (unpaired) electrons. The smallest absolute Gasteiger partial charge is 0.264 e. The van der Waals surface area contributed by atoms with Crippen LogP contribution < -0.4 is 20.2 Å². The van der Waals surface area contributed by atoms with Gasteiger partial charge in [0.1, 0.15) is 12.1 Å². The van der Waals surface area contributed by atoms with Crippen molar-refractivity contribution >= 4 is 22.0 Å². The van der Waals surface area contributed by atoms with Crippen molar-refractivity contribution in [3.8, 4) is 5.75 Å². The number of ether oxygens (including phenoxy) is 1. The molecule has 1 atom stereocenters. The molecule has 0 aliphatic rings. The van der Waals surface area contributed by atoms with Crippen LogP contribution in [0.5, 0.6) is 5.75 Å². The molecule has 0 saturated heterocycles. The van der Waals surface area contributed by atoms with E-state index in [1.165, 1.54) is 17.7 Å². The van der Waals surface area contributed by atoms with Crippen LogP contribution in [0.15, 0.2) is 58.5 Å². The minimum atomic E-state index is -3.71. The monoisotopic (exact) mass is 390 g/mol. The minimum absolute atomic E-state index is 0.220. The molecule has 2 aromatic carbocycles. The van der Waals surface area contributed by atoms with E-state index in [4.69, 9.17) is 10.6 Å². The lowest BCUT2D eigenvalue weighted by molar-refractivity contribution is 0.178. The number of hydrazone groups is 1. The lowest BCUT2D eigenvalue weighted by Gasteiger charge is -2.25. The van der Waals surface area contributed by atoms with Gasteiger partial charge in [0, 0.05) is 13.5 Å². The van der Waals surface area contributed by atoms with Gasteiger partial charge in [-0.25, -0.2) is 8.42 Å². The first-order valence-electron chi connectivity index (χ1n) is 8.69. The summed E-state index contributed by atoms with van der Waals surface area (Å²) in [5.41, 5.74) is 1.42. The van der Waals surface area contributed by atoms with E-state index in [2.05, 4.69) is 10.4 Å². The molecule has 2 rings (SSSR count). The Labute approximate surface area is 160 Å². The summed E-state index contributed by atoms with van der Waals surface area (Å²) in [5.74, 6) is 5.62. The molecule has 146 valence electrons. The molecule has 0 aromatic heterocycles. The third-order valence-corrected chi connectivity index (χ3v) is 5.80. The Morgan fingerprint density at radius 2 is 1.96 bits per heavy atom. The van der Waals surface area contributed by atoms with Crippen LogP contribution in [0.1, 0.15) is 25.3 Å². The van der Waals surface area contributed by atoms with Gasteiger partial charge in [-0.05, 0) is 36.8 Å². The fourth-order valence-corrected chi connectivity index (χ4v) is 3.80. The molecule has 3 N–H and O–H groups in total. The molecule has 0 bridgehead atoms. The maximum absolute atomic E-state index is 13.0. The van der Waals surface area contributed by atoms with Crippen LogP contribution in [-0.4, -0.2) is 28.0 Å². The van der Waals surface area contributed by atoms with Crippen molar-refractivity contribution in [2.45, 2.75) is 37.8 Å². The highest BCUT2D eigenvalue weighted by Crippen LogP contribution is 2.33. The van der Waals surface area contributed by atoms with Crippen molar-refractivity contribution in [1.82, 2.24) is 5.32 Å². The highest BCUT2D eigenvalue weighted by Gasteiger charge is 2.24. The second-order valence-corrected chi connectivity index (χ2v) is 8.07. The number of sulfonamides is 1. The zero-order valence-electron chi connectivity index (χ0n) is 15.8. The van der Waals surface area contributed by atoms with E-state index in [9.17, 15) is 8.42 Å². The number of hydrogen-bond acceptors (Lipinski definition) is 5. The molecule has 27 heavy (non-hydrogen) atoms. The summed E-state index contributed by atoms with van der Waals surface area (Å²) in [6.07, 6.45) is 2.56. The van der Waals surface area contributed by atoms with Crippen LogP contribution in [-0.2, 0) is 10.0 Å². The molecular formula is C19H26N4O3S. The largest absolute Gasteiger partial charge is 0.469 e. The average Bonchev–Trinajstić information content (AvgIpc) is 2.66. The predicted octanol–water partition coefficient (Wildman–Crippen LogP) is 2.82. The Kier molecular flexibility index (Phi) is 7.06. The predicted molar refractivity (Wildman–Crippen MR) is 108 cm³/mol. The zero-order chi connectivity index (χ0) is 19.9. The zero-order valence-corrected chi connectivity index (χ0v) is 16.6. The number of aryl methyl sites for hydroxylation is 1. The van der Waals surface area contributed by atoms with E-state index in [0.29, 0.717) is 17.9 Å². The van der Waals surface area contributed by atoms with Crippen molar-refractivity contribution in [1.29, 1.82) is 0 Å². The van der Waals surface area contributed by atoms with Gasteiger partial charge in [-0.1, -0.05) is 37.6 Å². The molecule has 1 unspecified atom stereocenters. The van der Waals surface area contributed by atoms with Crippen LogP contribution in [0.4, 0.5) is 5.69 Å². The topological polar surface area (TPSA) is 97.0 Å². The lowest BCUT2D eigenvalue weighted by atomic mass is 10.2. The standard InChI is InChI=1S/C19H26N4O3S/c1-4-8-19(21-14-22-20)26-18-13-15(2)11-12-17(18)23(3)27(24,25)16-9-6-5-7-10-16/h5-7,9-14,19H,4,8,20H2,1-3H3,(H,21,22). The lowest BCUT2D eigenvalue weighted by Crippen LogP contribution is -2.34. The quantitative estimate of drug-likeness (QED) is 0.226. The van der Waals surface area contributed by atoms with Crippen molar-refractivity contribution in [2.75, 3.05) is 11.4 Å². The van der Waals surface area contributed by atoms with E-state index in [-0.39, 0.29) is 11.1 Å². The van der Waals surface area contributed by atoms with Crippen LogP contribution in [0.25, 0.3) is 0 Å². The first-order valence-corrected chi connectivity index (χ1v) is 10.1. The molecule has 0 aliphatic carbocycles. The molecule has 0 amide bonds. The van der Waals surface area contributed by atoms with Crippen LogP contribution in [0, 0.1) is 6.92 Å². The maximum Gasteiger partial charge on any atom is 0.264 e. The van der Waals surface area contributed by atoms with Gasteiger partial charge in [-0.3, -0.25) is 4.31 Å². The molecule has 2 aromatic rings. The molecule has 0 fully saturated rings. The van der Waals surface area contributed by atoms with Crippen LogP contribution in [0.2, 0.25) is 0 Å². The number of hydrogen-bond donors (Lipinski definition) is 2. The summed E-state index contributed by atoms with van der Waals surface area (Å²) in [4.78, 5) is 0.220. The van der Waals surface area contributed by atoms with Gasteiger partial charge in [0.05, 0.1) is 10.6 Å². The Balaban J connectivity index is 2.39. The van der Waals surface area contributed by atoms with Gasteiger partial charge in [0.25, 0.3) is 10.0 Å². The average molecular weight is 391 g/mol. The molecule has 0 spiro atoms. The van der Waals surface area contributed by atoms with Gasteiger partial charge in [0.2, 0.25) is 0 Å². The Morgan fingerprint density at radius 1 is 1.26 bits per heavy atom. The Bertz CT molecular complexity index is 870. The molecule has 7 nitrogen and oxygen atoms in total. The highest BCUT2D eigenvalue weighted by molar-refractivity contribution is 7.92. The number of nitrogens with one attached hydrogen (secondary N) is 1. The third-order valence-electron chi connectivity index (χ3n) is 4.01. The number of nitrogens with two attached hydrogens (primary N) is 1. The summed E-state index contributed by atoms with van der Waals surface area (Å²) in [6.45, 7) is 3.95. The van der Waals surface area contributed by atoms with Gasteiger partial charge in [-0.2, -0.15) is 5.10 Å². The van der Waals surface area contributed by atoms with Crippen molar-refractivity contribution in [2.24, 2.45) is 10.9 Å². The first-order chi connectivity index (χ1) is 12.9. The summed E-state index contributed by atoms with van der Waals surface area (Å²) in [7, 11) is -2.19. The number of nitrogens with zero attached hydrogens (tertiary/aromatic N) is 2. The van der Waals surface area contributed by atoms with Crippen LogP contribution in [0.3, 0.4) is 0 Å². The summed E-state index contributed by atoms with van der Waals surface area (Å²) in [5, 5.41) is 6.40.